The van der Waals surface area contributed by atoms with Crippen molar-refractivity contribution in [3.63, 3.8) is 0 Å². The Kier molecular flexibility index (Phi) is 8.22. The van der Waals surface area contributed by atoms with Crippen LogP contribution in [0.4, 0.5) is 0 Å². The fraction of sp³-hybridized carbons (Fsp3) is 0.364. The molecule has 0 saturated heterocycles. The van der Waals surface area contributed by atoms with Crippen LogP contribution in [0.5, 0.6) is 0 Å². The number of hydrogen-bond acceptors (Lipinski definition) is 3. The summed E-state index contributed by atoms with van der Waals surface area (Å²) in [5.41, 5.74) is 6.92. The van der Waals surface area contributed by atoms with Gasteiger partial charge in [0.1, 0.15) is 11.3 Å². The highest BCUT2D eigenvalue weighted by Crippen LogP contribution is 2.31. The maximum atomic E-state index is 13.8. The SMILES string of the molecule is C=C(CCC1CCCC1)NS(=C)(=O)c1ccccc1-c1ccc(Cn2c(CCC)nc3cc(C)cnc32)cc1. The minimum atomic E-state index is -2.75. The largest absolute Gasteiger partial charge is 0.314 e. The number of hydrogen-bond donors (Lipinski definition) is 1. The summed E-state index contributed by atoms with van der Waals surface area (Å²) in [5.74, 6) is 5.95. The number of benzene rings is 2. The van der Waals surface area contributed by atoms with E-state index in [-0.39, 0.29) is 0 Å². The van der Waals surface area contributed by atoms with Gasteiger partial charge in [-0.25, -0.2) is 14.2 Å². The van der Waals surface area contributed by atoms with Gasteiger partial charge in [-0.15, -0.1) is 0 Å². The molecular weight excluding hydrogens is 500 g/mol. The zero-order valence-corrected chi connectivity index (χ0v) is 24.1. The van der Waals surface area contributed by atoms with E-state index in [2.05, 4.69) is 64.0 Å². The van der Waals surface area contributed by atoms with Crippen LogP contribution in [0.2, 0.25) is 0 Å². The van der Waals surface area contributed by atoms with E-state index >= 15 is 0 Å². The van der Waals surface area contributed by atoms with Crippen molar-refractivity contribution >= 4 is 26.7 Å². The number of pyridine rings is 1. The molecule has 204 valence electrons. The molecule has 1 fully saturated rings. The highest BCUT2D eigenvalue weighted by Gasteiger charge is 2.18. The Morgan fingerprint density at radius 3 is 2.62 bits per heavy atom. The van der Waals surface area contributed by atoms with Crippen molar-refractivity contribution in [3.8, 4) is 11.1 Å². The standard InChI is InChI=1S/C33H40N4OS/c1-5-10-32-35-30-21-24(2)22-34-33(30)37(32)23-27-17-19-28(20-18-27)29-13-8-9-14-31(29)39(4,38)36-25(3)15-16-26-11-6-7-12-26/h8-9,13-14,17-22,26H,3-7,10-12,15-16,23H2,1-2H3,(H,36,38). The number of allylic oxidation sites excluding steroid dienone is 1. The molecule has 6 heteroatoms. The lowest BCUT2D eigenvalue weighted by molar-refractivity contribution is 0.500. The van der Waals surface area contributed by atoms with Crippen LogP contribution in [0.1, 0.15) is 68.8 Å². The molecule has 5 nitrogen and oxygen atoms in total. The summed E-state index contributed by atoms with van der Waals surface area (Å²) in [6, 6.07) is 18.4. The summed E-state index contributed by atoms with van der Waals surface area (Å²) in [6.07, 6.45) is 11.1. The highest BCUT2D eigenvalue weighted by molar-refractivity contribution is 7.98. The molecule has 0 amide bonds. The van der Waals surface area contributed by atoms with Crippen LogP contribution in [0, 0.1) is 12.8 Å². The third-order valence-electron chi connectivity index (χ3n) is 7.76. The maximum absolute atomic E-state index is 13.8. The Balaban J connectivity index is 1.35. The van der Waals surface area contributed by atoms with Crippen molar-refractivity contribution in [3.05, 3.63) is 90.0 Å². The van der Waals surface area contributed by atoms with Crippen molar-refractivity contribution in [2.75, 3.05) is 0 Å². The molecule has 1 saturated carbocycles. The van der Waals surface area contributed by atoms with E-state index < -0.39 is 9.71 Å². The molecule has 1 aliphatic rings. The number of nitrogens with zero attached hydrogens (tertiary/aromatic N) is 3. The molecule has 1 aliphatic carbocycles. The summed E-state index contributed by atoms with van der Waals surface area (Å²) in [4.78, 5) is 10.3. The number of rotatable bonds is 11. The Morgan fingerprint density at radius 2 is 1.87 bits per heavy atom. The first-order valence-electron chi connectivity index (χ1n) is 14.2. The van der Waals surface area contributed by atoms with E-state index in [1.54, 1.807) is 0 Å². The number of nitrogens with one attached hydrogen (secondary N) is 1. The van der Waals surface area contributed by atoms with Crippen LogP contribution in [-0.4, -0.2) is 24.6 Å². The first-order chi connectivity index (χ1) is 18.8. The average Bonchev–Trinajstić information content (AvgIpc) is 3.56. The van der Waals surface area contributed by atoms with E-state index in [0.29, 0.717) is 11.4 Å². The number of aryl methyl sites for hydroxylation is 2. The second-order valence-corrected chi connectivity index (χ2v) is 13.0. The minimum absolute atomic E-state index is 0.707. The van der Waals surface area contributed by atoms with Gasteiger partial charge in [0.05, 0.1) is 21.1 Å². The van der Waals surface area contributed by atoms with Crippen molar-refractivity contribution in [2.24, 2.45) is 5.92 Å². The van der Waals surface area contributed by atoms with E-state index in [4.69, 9.17) is 4.98 Å². The molecule has 5 rings (SSSR count). The average molecular weight is 541 g/mol. The van der Waals surface area contributed by atoms with Gasteiger partial charge in [-0.2, -0.15) is 0 Å². The van der Waals surface area contributed by atoms with E-state index in [0.717, 1.165) is 71.0 Å². The van der Waals surface area contributed by atoms with Gasteiger partial charge in [0.2, 0.25) is 0 Å². The summed E-state index contributed by atoms with van der Waals surface area (Å²) in [7, 11) is -2.75. The molecule has 2 heterocycles. The number of aromatic nitrogens is 3. The summed E-state index contributed by atoms with van der Waals surface area (Å²) >= 11 is 0. The van der Waals surface area contributed by atoms with Crippen LogP contribution in [0.15, 0.2) is 78.0 Å². The molecule has 39 heavy (non-hydrogen) atoms. The van der Waals surface area contributed by atoms with Gasteiger partial charge in [-0.3, -0.25) is 0 Å². The fourth-order valence-corrected chi connectivity index (χ4v) is 7.24. The molecule has 0 radical (unpaired) electrons. The fourth-order valence-electron chi connectivity index (χ4n) is 5.72. The second-order valence-electron chi connectivity index (χ2n) is 11.0. The van der Waals surface area contributed by atoms with E-state index in [1.807, 2.05) is 37.4 Å². The molecule has 0 spiro atoms. The summed E-state index contributed by atoms with van der Waals surface area (Å²) in [5, 5.41) is 0. The van der Waals surface area contributed by atoms with E-state index in [9.17, 15) is 4.21 Å². The van der Waals surface area contributed by atoms with Gasteiger partial charge in [-0.05, 0) is 72.4 Å². The van der Waals surface area contributed by atoms with Gasteiger partial charge in [-0.1, -0.05) is 81.7 Å². The zero-order chi connectivity index (χ0) is 27.4. The third kappa shape index (κ3) is 6.27. The molecule has 1 N–H and O–H groups in total. The van der Waals surface area contributed by atoms with Crippen molar-refractivity contribution in [2.45, 2.75) is 76.7 Å². The highest BCUT2D eigenvalue weighted by atomic mass is 32.2. The first kappa shape index (κ1) is 27.2. The number of imidazole rings is 1. The van der Waals surface area contributed by atoms with Crippen LogP contribution in [-0.2, 0) is 22.7 Å². The van der Waals surface area contributed by atoms with Crippen LogP contribution >= 0.6 is 0 Å². The van der Waals surface area contributed by atoms with Crippen LogP contribution < -0.4 is 4.72 Å². The molecule has 2 aromatic heterocycles. The molecular formula is C33H40N4OS. The predicted octanol–water partition coefficient (Wildman–Crippen LogP) is 7.47. The van der Waals surface area contributed by atoms with Gasteiger partial charge >= 0.3 is 0 Å². The van der Waals surface area contributed by atoms with Gasteiger partial charge in [0.25, 0.3) is 0 Å². The number of fused-ring (bicyclic) bond motifs is 1. The Labute approximate surface area is 233 Å². The van der Waals surface area contributed by atoms with Gasteiger partial charge < -0.3 is 9.29 Å². The van der Waals surface area contributed by atoms with Crippen molar-refractivity contribution < 1.29 is 4.21 Å². The summed E-state index contributed by atoms with van der Waals surface area (Å²) < 4.78 is 19.2. The third-order valence-corrected chi connectivity index (χ3v) is 9.45. The lowest BCUT2D eigenvalue weighted by atomic mass is 10.0. The van der Waals surface area contributed by atoms with Crippen molar-refractivity contribution in [1.82, 2.24) is 19.3 Å². The summed E-state index contributed by atoms with van der Waals surface area (Å²) in [6.45, 7) is 9.11. The topological polar surface area (TPSA) is 59.8 Å². The monoisotopic (exact) mass is 540 g/mol. The molecule has 1 atom stereocenters. The maximum Gasteiger partial charge on any atom is 0.160 e. The minimum Gasteiger partial charge on any atom is -0.314 e. The van der Waals surface area contributed by atoms with Crippen molar-refractivity contribution in [1.29, 1.82) is 0 Å². The first-order valence-corrected chi connectivity index (χ1v) is 15.9. The van der Waals surface area contributed by atoms with Gasteiger partial charge in [0, 0.05) is 18.3 Å². The zero-order valence-electron chi connectivity index (χ0n) is 23.3. The lowest BCUT2D eigenvalue weighted by Gasteiger charge is -2.19. The second kappa shape index (κ2) is 11.8. The molecule has 1 unspecified atom stereocenters. The van der Waals surface area contributed by atoms with Crippen LogP contribution in [0.3, 0.4) is 0 Å². The normalized spacial score (nSPS) is 15.4. The molecule has 0 bridgehead atoms. The lowest BCUT2D eigenvalue weighted by Crippen LogP contribution is -2.23. The molecule has 4 aromatic rings. The van der Waals surface area contributed by atoms with E-state index in [1.165, 1.54) is 31.2 Å². The molecule has 2 aromatic carbocycles. The molecule has 0 aliphatic heterocycles. The Bertz CT molecular complexity index is 1560. The Hall–Kier alpha value is -3.38. The van der Waals surface area contributed by atoms with Crippen LogP contribution in [0.25, 0.3) is 22.3 Å². The predicted molar refractivity (Wildman–Crippen MR) is 164 cm³/mol. The smallest absolute Gasteiger partial charge is 0.160 e. The quantitative estimate of drug-likeness (QED) is 0.201. The Morgan fingerprint density at radius 1 is 1.13 bits per heavy atom. The van der Waals surface area contributed by atoms with Gasteiger partial charge in [0.15, 0.2) is 5.65 Å².